The molecule has 0 aromatic heterocycles. The van der Waals surface area contributed by atoms with Crippen LogP contribution in [0.5, 0.6) is 5.75 Å². The molecular formula is C19H24N2O3. The Balaban J connectivity index is 2.00. The van der Waals surface area contributed by atoms with Crippen LogP contribution in [0.4, 0.5) is 11.4 Å². The zero-order valence-corrected chi connectivity index (χ0v) is 14.3. The summed E-state index contributed by atoms with van der Waals surface area (Å²) >= 11 is 0. The average molecular weight is 328 g/mol. The van der Waals surface area contributed by atoms with Gasteiger partial charge in [0.05, 0.1) is 12.3 Å². The summed E-state index contributed by atoms with van der Waals surface area (Å²) in [6.07, 6.45) is 0. The number of hydrogen-bond acceptors (Lipinski definition) is 4. The number of carbonyl (C=O) groups is 1. The van der Waals surface area contributed by atoms with E-state index in [-0.39, 0.29) is 5.91 Å². The Hall–Kier alpha value is -2.53. The van der Waals surface area contributed by atoms with Gasteiger partial charge in [-0.3, -0.25) is 4.79 Å². The van der Waals surface area contributed by atoms with Crippen LogP contribution in [-0.4, -0.2) is 32.3 Å². The largest absolute Gasteiger partial charge is 0.489 e. The van der Waals surface area contributed by atoms with Gasteiger partial charge in [-0.1, -0.05) is 30.3 Å². The highest BCUT2D eigenvalue weighted by Crippen LogP contribution is 2.24. The highest BCUT2D eigenvalue weighted by molar-refractivity contribution is 5.97. The third kappa shape index (κ3) is 4.99. The second kappa shape index (κ2) is 8.93. The van der Waals surface area contributed by atoms with Crippen molar-refractivity contribution in [3.05, 3.63) is 54.1 Å². The van der Waals surface area contributed by atoms with Crippen molar-refractivity contribution < 1.29 is 14.3 Å². The number of methoxy groups -OCH3 is 1. The zero-order chi connectivity index (χ0) is 17.4. The van der Waals surface area contributed by atoms with Crippen LogP contribution >= 0.6 is 0 Å². The lowest BCUT2D eigenvalue weighted by Crippen LogP contribution is -2.32. The lowest BCUT2D eigenvalue weighted by molar-refractivity contribution is -0.116. The molecule has 2 N–H and O–H groups in total. The second-order valence-electron chi connectivity index (χ2n) is 5.51. The zero-order valence-electron chi connectivity index (χ0n) is 14.3. The van der Waals surface area contributed by atoms with E-state index >= 15 is 0 Å². The van der Waals surface area contributed by atoms with Gasteiger partial charge in [-0.05, 0) is 37.6 Å². The summed E-state index contributed by atoms with van der Waals surface area (Å²) in [6, 6.07) is 14.8. The van der Waals surface area contributed by atoms with Crippen LogP contribution in [0.3, 0.4) is 0 Å². The Labute approximate surface area is 143 Å². The maximum atomic E-state index is 12.4. The van der Waals surface area contributed by atoms with E-state index in [1.807, 2.05) is 62.4 Å². The maximum Gasteiger partial charge on any atom is 0.246 e. The van der Waals surface area contributed by atoms with Gasteiger partial charge >= 0.3 is 0 Å². The number of rotatable bonds is 8. The van der Waals surface area contributed by atoms with E-state index in [1.165, 1.54) is 0 Å². The molecule has 0 aliphatic rings. The lowest BCUT2D eigenvalue weighted by atomic mass is 10.2. The van der Waals surface area contributed by atoms with E-state index in [1.54, 1.807) is 7.11 Å². The van der Waals surface area contributed by atoms with Crippen molar-refractivity contribution in [2.45, 2.75) is 19.9 Å². The molecule has 2 aromatic rings. The summed E-state index contributed by atoms with van der Waals surface area (Å²) in [6.45, 7) is 4.75. The van der Waals surface area contributed by atoms with E-state index < -0.39 is 6.04 Å². The van der Waals surface area contributed by atoms with Crippen molar-refractivity contribution >= 4 is 17.3 Å². The van der Waals surface area contributed by atoms with Gasteiger partial charge in [0.2, 0.25) is 5.91 Å². The number of anilines is 2. The Morgan fingerprint density at radius 2 is 1.71 bits per heavy atom. The molecule has 2 aromatic carbocycles. The molecule has 0 bridgehead atoms. The molecule has 5 nitrogen and oxygen atoms in total. The second-order valence-corrected chi connectivity index (χ2v) is 5.51. The molecule has 0 saturated carbocycles. The fraction of sp³-hybridized carbons (Fsp3) is 0.316. The van der Waals surface area contributed by atoms with Crippen molar-refractivity contribution in [2.24, 2.45) is 0 Å². The fourth-order valence-electron chi connectivity index (χ4n) is 2.20. The minimum atomic E-state index is -0.406. The van der Waals surface area contributed by atoms with Gasteiger partial charge in [0.1, 0.15) is 18.4 Å². The van der Waals surface area contributed by atoms with Crippen molar-refractivity contribution in [1.82, 2.24) is 0 Å². The highest BCUT2D eigenvalue weighted by atomic mass is 16.5. The van der Waals surface area contributed by atoms with Crippen LogP contribution in [0.25, 0.3) is 0 Å². The first kappa shape index (κ1) is 17.8. The van der Waals surface area contributed by atoms with E-state index in [0.29, 0.717) is 19.0 Å². The number of hydrogen-bond donors (Lipinski definition) is 2. The Morgan fingerprint density at radius 1 is 1.04 bits per heavy atom. The smallest absolute Gasteiger partial charge is 0.246 e. The molecule has 0 radical (unpaired) electrons. The molecule has 0 spiro atoms. The quantitative estimate of drug-likeness (QED) is 0.729. The molecule has 0 fully saturated rings. The van der Waals surface area contributed by atoms with E-state index in [4.69, 9.17) is 9.47 Å². The summed E-state index contributed by atoms with van der Waals surface area (Å²) in [5.74, 6) is 0.598. The van der Waals surface area contributed by atoms with Crippen molar-refractivity contribution in [2.75, 3.05) is 31.0 Å². The third-order valence-electron chi connectivity index (χ3n) is 3.60. The van der Waals surface area contributed by atoms with Crippen LogP contribution in [0.1, 0.15) is 12.5 Å². The fourth-order valence-corrected chi connectivity index (χ4v) is 2.20. The van der Waals surface area contributed by atoms with Gasteiger partial charge < -0.3 is 20.1 Å². The van der Waals surface area contributed by atoms with E-state index in [0.717, 1.165) is 16.9 Å². The summed E-state index contributed by atoms with van der Waals surface area (Å²) in [5, 5.41) is 6.14. The molecule has 0 unspecified atom stereocenters. The van der Waals surface area contributed by atoms with Crippen LogP contribution in [0.2, 0.25) is 0 Å². The topological polar surface area (TPSA) is 59.6 Å². The van der Waals surface area contributed by atoms with Gasteiger partial charge in [-0.15, -0.1) is 0 Å². The molecule has 24 heavy (non-hydrogen) atoms. The summed E-state index contributed by atoms with van der Waals surface area (Å²) < 4.78 is 10.7. The number of para-hydroxylation sites is 3. The summed E-state index contributed by atoms with van der Waals surface area (Å²) in [7, 11) is 1.63. The first-order valence-corrected chi connectivity index (χ1v) is 7.95. The number of nitrogens with one attached hydrogen (secondary N) is 2. The number of ether oxygens (including phenoxy) is 2. The molecule has 2 rings (SSSR count). The lowest BCUT2D eigenvalue weighted by Gasteiger charge is -2.18. The monoisotopic (exact) mass is 328 g/mol. The van der Waals surface area contributed by atoms with Gasteiger partial charge in [0, 0.05) is 12.8 Å². The number of amides is 1. The molecule has 0 aliphatic heterocycles. The minimum Gasteiger partial charge on any atom is -0.489 e. The first-order valence-electron chi connectivity index (χ1n) is 7.95. The number of carbonyl (C=O) groups excluding carboxylic acids is 1. The minimum absolute atomic E-state index is 0.101. The van der Waals surface area contributed by atoms with Crippen molar-refractivity contribution in [3.8, 4) is 5.75 Å². The molecular weight excluding hydrogens is 304 g/mol. The van der Waals surface area contributed by atoms with E-state index in [9.17, 15) is 4.79 Å². The third-order valence-corrected chi connectivity index (χ3v) is 3.60. The predicted molar refractivity (Wildman–Crippen MR) is 96.7 cm³/mol. The Bertz CT molecular complexity index is 673. The van der Waals surface area contributed by atoms with Gasteiger partial charge in [0.25, 0.3) is 0 Å². The standard InChI is InChI=1S/C19H24N2O3/c1-14-8-4-5-9-16(14)21-19(22)15(2)20-17-10-6-7-11-18(17)24-13-12-23-3/h4-11,15,20H,12-13H2,1-3H3,(H,21,22)/t15-/m0/s1. The van der Waals surface area contributed by atoms with Gasteiger partial charge in [-0.2, -0.15) is 0 Å². The summed E-state index contributed by atoms with van der Waals surface area (Å²) in [5.41, 5.74) is 2.63. The predicted octanol–water partition coefficient (Wildman–Crippen LogP) is 3.46. The number of benzene rings is 2. The SMILES string of the molecule is COCCOc1ccccc1N[C@@H](C)C(=O)Nc1ccccc1C. The van der Waals surface area contributed by atoms with Crippen LogP contribution < -0.4 is 15.4 Å². The molecule has 0 heterocycles. The number of aryl methyl sites for hydroxylation is 1. The van der Waals surface area contributed by atoms with E-state index in [2.05, 4.69) is 10.6 Å². The first-order chi connectivity index (χ1) is 11.6. The molecule has 1 amide bonds. The maximum absolute atomic E-state index is 12.4. The Kier molecular flexibility index (Phi) is 6.63. The van der Waals surface area contributed by atoms with Crippen molar-refractivity contribution in [3.63, 3.8) is 0 Å². The highest BCUT2D eigenvalue weighted by Gasteiger charge is 2.15. The normalized spacial score (nSPS) is 11.6. The van der Waals surface area contributed by atoms with Gasteiger partial charge in [-0.25, -0.2) is 0 Å². The molecule has 0 saturated heterocycles. The molecule has 128 valence electrons. The van der Waals surface area contributed by atoms with Crippen molar-refractivity contribution in [1.29, 1.82) is 0 Å². The Morgan fingerprint density at radius 3 is 2.42 bits per heavy atom. The van der Waals surface area contributed by atoms with Crippen LogP contribution in [0, 0.1) is 6.92 Å². The average Bonchev–Trinajstić information content (AvgIpc) is 2.58. The summed E-state index contributed by atoms with van der Waals surface area (Å²) in [4.78, 5) is 12.4. The molecule has 1 atom stereocenters. The van der Waals surface area contributed by atoms with Crippen LogP contribution in [-0.2, 0) is 9.53 Å². The molecule has 5 heteroatoms. The van der Waals surface area contributed by atoms with Gasteiger partial charge in [0.15, 0.2) is 0 Å². The molecule has 0 aliphatic carbocycles. The van der Waals surface area contributed by atoms with Crippen LogP contribution in [0.15, 0.2) is 48.5 Å².